The molecule has 2 aromatic rings. The number of anilines is 1. The van der Waals surface area contributed by atoms with E-state index in [1.54, 1.807) is 0 Å². The molecule has 0 saturated carbocycles. The second-order valence-electron chi connectivity index (χ2n) is 8.19. The van der Waals surface area contributed by atoms with Crippen molar-refractivity contribution in [3.63, 3.8) is 0 Å². The summed E-state index contributed by atoms with van der Waals surface area (Å²) in [6.07, 6.45) is 21.2. The van der Waals surface area contributed by atoms with Crippen molar-refractivity contribution in [3.8, 4) is 11.5 Å². The number of nitrogens with zero attached hydrogens (tertiary/aromatic N) is 3. The molecule has 158 valence electrons. The maximum Gasteiger partial charge on any atom is 0.218 e. The molecule has 0 bridgehead atoms. The Labute approximate surface area is 183 Å². The molecule has 32 heavy (non-hydrogen) atoms. The van der Waals surface area contributed by atoms with E-state index in [-0.39, 0.29) is 0 Å². The minimum Gasteiger partial charge on any atom is -0.454 e. The number of allylic oxidation sites excluding steroid dienone is 1. The summed E-state index contributed by atoms with van der Waals surface area (Å²) in [5, 5.41) is 17.2. The van der Waals surface area contributed by atoms with Gasteiger partial charge < -0.3 is 25.0 Å². The minimum atomic E-state index is -1.75. The fourth-order valence-corrected chi connectivity index (χ4v) is 5.15. The summed E-state index contributed by atoms with van der Waals surface area (Å²) in [7, 11) is 0. The van der Waals surface area contributed by atoms with Gasteiger partial charge >= 0.3 is 0 Å². The first-order chi connectivity index (χ1) is 15.6. The van der Waals surface area contributed by atoms with Crippen LogP contribution in [0.2, 0.25) is 0 Å². The maximum atomic E-state index is 8.25. The molecular formula is C25H19N3O4. The predicted octanol–water partition coefficient (Wildman–Crippen LogP) is 2.83. The van der Waals surface area contributed by atoms with Gasteiger partial charge in [-0.05, 0) is 54.5 Å². The van der Waals surface area contributed by atoms with E-state index in [4.69, 9.17) is 20.1 Å². The number of hydrogen-bond acceptors (Lipinski definition) is 5. The fraction of sp³-hybridized carbons (Fsp3) is 0.160. The maximum absolute atomic E-state index is 8.25. The lowest BCUT2D eigenvalue weighted by Gasteiger charge is -2.33. The van der Waals surface area contributed by atoms with Crippen molar-refractivity contribution in [2.24, 2.45) is 0 Å². The van der Waals surface area contributed by atoms with Gasteiger partial charge in [-0.25, -0.2) is 4.58 Å². The zero-order chi connectivity index (χ0) is 21.8. The number of rotatable bonds is 0. The van der Waals surface area contributed by atoms with Gasteiger partial charge in [-0.2, -0.15) is 0 Å². The molecule has 0 amide bonds. The molecule has 7 nitrogen and oxygen atoms in total. The van der Waals surface area contributed by atoms with E-state index in [1.165, 1.54) is 44.1 Å². The molecule has 0 saturated heterocycles. The summed E-state index contributed by atoms with van der Waals surface area (Å²) in [4.78, 5) is 10.6. The number of fused-ring (bicyclic) bond motifs is 4. The van der Waals surface area contributed by atoms with Gasteiger partial charge in [0.25, 0.3) is 0 Å². The van der Waals surface area contributed by atoms with E-state index >= 15 is 0 Å². The standard InChI is InChI=1S/C25H19N2O.NO3/c1-5-16-13-18-15-19-14-17-6-2-10-27-12-4-8-21(23(17)27)25(19)28-24(18)20-7-3-11-26(9-1)22(16)20;2-1(3)4/h1-5,7-8,10,13-15H,6,9,11-12H2;/q+1;-1. The van der Waals surface area contributed by atoms with Crippen LogP contribution in [-0.2, 0) is 6.42 Å². The van der Waals surface area contributed by atoms with Crippen molar-refractivity contribution in [2.75, 3.05) is 24.5 Å². The van der Waals surface area contributed by atoms with Crippen LogP contribution in [0.4, 0.5) is 5.69 Å². The Kier molecular flexibility index (Phi) is 4.04. The molecule has 0 N–H and O–H groups in total. The van der Waals surface area contributed by atoms with Gasteiger partial charge in [0.15, 0.2) is 13.1 Å². The van der Waals surface area contributed by atoms with Gasteiger partial charge in [0.05, 0.1) is 16.3 Å². The Balaban J connectivity index is 0.000000455. The summed E-state index contributed by atoms with van der Waals surface area (Å²) in [6, 6.07) is 4.60. The van der Waals surface area contributed by atoms with Gasteiger partial charge in [-0.15, -0.1) is 0 Å². The first kappa shape index (κ1) is 18.6. The zero-order valence-electron chi connectivity index (χ0n) is 17.2. The van der Waals surface area contributed by atoms with Gasteiger partial charge in [0.1, 0.15) is 11.5 Å². The lowest BCUT2D eigenvalue weighted by Crippen LogP contribution is -2.40. The third kappa shape index (κ3) is 2.78. The lowest BCUT2D eigenvalue weighted by molar-refractivity contribution is -0.402. The van der Waals surface area contributed by atoms with Crippen LogP contribution in [0.15, 0.2) is 42.6 Å². The molecule has 0 atom stereocenters. The third-order valence-electron chi connectivity index (χ3n) is 6.30. The Bertz CT molecular complexity index is 1440. The molecular weight excluding hydrogens is 406 g/mol. The normalized spacial score (nSPS) is 17.1. The summed E-state index contributed by atoms with van der Waals surface area (Å²) in [6.45, 7) is 2.86. The van der Waals surface area contributed by atoms with Crippen LogP contribution in [0.25, 0.3) is 24.3 Å². The van der Waals surface area contributed by atoms with E-state index < -0.39 is 5.09 Å². The van der Waals surface area contributed by atoms with Crippen LogP contribution >= 0.6 is 0 Å². The Morgan fingerprint density at radius 3 is 2.56 bits per heavy atom. The molecule has 0 aromatic heterocycles. The molecule has 0 fully saturated rings. The highest BCUT2D eigenvalue weighted by Gasteiger charge is 2.29. The molecule has 5 heterocycles. The van der Waals surface area contributed by atoms with Crippen LogP contribution in [0.1, 0.15) is 27.8 Å². The van der Waals surface area contributed by atoms with E-state index in [2.05, 4.69) is 76.4 Å². The Hall–Kier alpha value is -4.13. The largest absolute Gasteiger partial charge is 0.454 e. The lowest BCUT2D eigenvalue weighted by atomic mass is 9.91. The van der Waals surface area contributed by atoms with Crippen LogP contribution in [-0.4, -0.2) is 24.7 Å². The fourth-order valence-electron chi connectivity index (χ4n) is 5.15. The van der Waals surface area contributed by atoms with Crippen molar-refractivity contribution in [2.45, 2.75) is 6.42 Å². The molecule has 7 heteroatoms. The van der Waals surface area contributed by atoms with Crippen LogP contribution in [0, 0.1) is 15.3 Å². The monoisotopic (exact) mass is 425 g/mol. The van der Waals surface area contributed by atoms with Crippen molar-refractivity contribution < 1.29 is 9.82 Å². The summed E-state index contributed by atoms with van der Waals surface area (Å²) >= 11 is 0. The molecule has 0 unspecified atom stereocenters. The van der Waals surface area contributed by atoms with Crippen LogP contribution < -0.4 is 24.8 Å². The van der Waals surface area contributed by atoms with Gasteiger partial charge in [-0.1, -0.05) is 18.2 Å². The van der Waals surface area contributed by atoms with E-state index in [0.717, 1.165) is 37.6 Å². The molecule has 0 aliphatic carbocycles. The number of ether oxygens (including phenoxy) is 1. The predicted molar refractivity (Wildman–Crippen MR) is 124 cm³/mol. The topological polar surface area (TPSA) is 81.7 Å². The van der Waals surface area contributed by atoms with Crippen molar-refractivity contribution in [1.29, 1.82) is 0 Å². The Morgan fingerprint density at radius 2 is 1.72 bits per heavy atom. The van der Waals surface area contributed by atoms with Crippen LogP contribution in [0.5, 0.6) is 11.5 Å². The second kappa shape index (κ2) is 6.95. The number of benzene rings is 2. The summed E-state index contributed by atoms with van der Waals surface area (Å²) in [5.41, 5.74) is 7.60. The van der Waals surface area contributed by atoms with E-state index in [0.29, 0.717) is 0 Å². The summed E-state index contributed by atoms with van der Waals surface area (Å²) in [5.74, 6) is 1.99. The van der Waals surface area contributed by atoms with E-state index in [1.807, 2.05) is 0 Å². The average Bonchev–Trinajstić information content (AvgIpc) is 2.79. The van der Waals surface area contributed by atoms with E-state index in [9.17, 15) is 0 Å². The molecule has 0 radical (unpaired) electrons. The van der Waals surface area contributed by atoms with Gasteiger partial charge in [-0.3, -0.25) is 0 Å². The minimum absolute atomic E-state index is 0.929. The highest BCUT2D eigenvalue weighted by molar-refractivity contribution is 5.86. The molecule has 5 aliphatic rings. The van der Waals surface area contributed by atoms with Gasteiger partial charge in [0, 0.05) is 34.7 Å². The highest BCUT2D eigenvalue weighted by atomic mass is 16.9. The first-order valence-corrected chi connectivity index (χ1v) is 10.5. The van der Waals surface area contributed by atoms with Crippen molar-refractivity contribution >= 4 is 30.0 Å². The Morgan fingerprint density at radius 1 is 0.938 bits per heavy atom. The smallest absolute Gasteiger partial charge is 0.218 e. The third-order valence-corrected chi connectivity index (χ3v) is 6.30. The highest BCUT2D eigenvalue weighted by Crippen LogP contribution is 2.44. The van der Waals surface area contributed by atoms with Crippen LogP contribution in [0.3, 0.4) is 0 Å². The molecule has 0 spiro atoms. The molecule has 7 rings (SSSR count). The first-order valence-electron chi connectivity index (χ1n) is 10.5. The molecule has 5 aliphatic heterocycles. The average molecular weight is 425 g/mol. The zero-order valence-corrected chi connectivity index (χ0v) is 17.2. The van der Waals surface area contributed by atoms with Crippen molar-refractivity contribution in [1.82, 2.24) is 4.58 Å². The second-order valence-corrected chi connectivity index (χ2v) is 8.19. The SMILES string of the molecule is C1=CN2CC=Cc3c4c(cc(c32)C1)C=c1cc2c3c(c1O4)C=CC[N+]=3CC=C2.O=[N+]([O-])[O-]. The van der Waals surface area contributed by atoms with Gasteiger partial charge in [0.2, 0.25) is 5.36 Å². The summed E-state index contributed by atoms with van der Waals surface area (Å²) < 4.78 is 9.11. The van der Waals surface area contributed by atoms with Crippen molar-refractivity contribution in [3.05, 3.63) is 96.4 Å². The molecule has 2 aromatic carbocycles. The quantitative estimate of drug-likeness (QED) is 0.314. The number of hydrogen-bond donors (Lipinski definition) is 0.